The average Bonchev–Trinajstić information content (AvgIpc) is 2.24. The number of piperidine rings is 1. The number of likely N-dealkylation sites (N-methyl/N-ethyl adjacent to an activating group) is 1. The summed E-state index contributed by atoms with van der Waals surface area (Å²) in [5.41, 5.74) is -0.183. The maximum atomic E-state index is 11.3. The van der Waals surface area contributed by atoms with E-state index in [0.29, 0.717) is 18.8 Å². The number of nitrogens with one attached hydrogen (secondary N) is 2. The van der Waals surface area contributed by atoms with Crippen LogP contribution in [0.3, 0.4) is 0 Å². The molecule has 1 aromatic rings. The molecule has 6 nitrogen and oxygen atoms in total. The van der Waals surface area contributed by atoms with Gasteiger partial charge in [0.1, 0.15) is 5.82 Å². The van der Waals surface area contributed by atoms with Gasteiger partial charge in [-0.1, -0.05) is 0 Å². The second-order valence-corrected chi connectivity index (χ2v) is 3.95. The maximum Gasteiger partial charge on any atom is 0.252 e. The summed E-state index contributed by atoms with van der Waals surface area (Å²) in [4.78, 5) is 30.5. The summed E-state index contributed by atoms with van der Waals surface area (Å²) in [5.74, 6) is 0.716. The third-order valence-corrected chi connectivity index (χ3v) is 2.66. The Morgan fingerprint density at radius 2 is 2.38 bits per heavy atom. The Kier molecular flexibility index (Phi) is 2.89. The molecule has 1 amide bonds. The van der Waals surface area contributed by atoms with Gasteiger partial charge in [0.15, 0.2) is 0 Å². The number of H-pyrrole nitrogens is 1. The molecule has 0 spiro atoms. The van der Waals surface area contributed by atoms with Gasteiger partial charge in [-0.05, 0) is 6.42 Å². The van der Waals surface area contributed by atoms with Crippen LogP contribution >= 0.6 is 0 Å². The molecule has 1 aliphatic rings. The quantitative estimate of drug-likeness (QED) is 0.726. The molecule has 0 aromatic carbocycles. The lowest BCUT2D eigenvalue weighted by atomic mass is 10.1. The van der Waals surface area contributed by atoms with Gasteiger partial charge in [0.05, 0.1) is 6.33 Å². The van der Waals surface area contributed by atoms with E-state index in [4.69, 9.17) is 0 Å². The largest absolute Gasteiger partial charge is 0.365 e. The summed E-state index contributed by atoms with van der Waals surface area (Å²) in [7, 11) is 1.78. The predicted octanol–water partition coefficient (Wildman–Crippen LogP) is -0.197. The zero-order valence-corrected chi connectivity index (χ0v) is 9.06. The predicted molar refractivity (Wildman–Crippen MR) is 59.1 cm³/mol. The summed E-state index contributed by atoms with van der Waals surface area (Å²) in [5, 5.41) is 3.15. The monoisotopic (exact) mass is 222 g/mol. The summed E-state index contributed by atoms with van der Waals surface area (Å²) >= 11 is 0. The number of carbonyl (C=O) groups excluding carboxylic acids is 1. The van der Waals surface area contributed by atoms with Gasteiger partial charge in [0.25, 0.3) is 5.56 Å². The van der Waals surface area contributed by atoms with Gasteiger partial charge in [0.2, 0.25) is 5.91 Å². The van der Waals surface area contributed by atoms with E-state index < -0.39 is 0 Å². The molecule has 1 unspecified atom stereocenters. The fourth-order valence-electron chi connectivity index (χ4n) is 1.79. The summed E-state index contributed by atoms with van der Waals surface area (Å²) < 4.78 is 0. The first-order chi connectivity index (χ1) is 7.65. The van der Waals surface area contributed by atoms with Crippen LogP contribution in [0.15, 0.2) is 17.2 Å². The fourth-order valence-corrected chi connectivity index (χ4v) is 1.79. The molecule has 86 valence electrons. The molecule has 1 fully saturated rings. The first kappa shape index (κ1) is 10.7. The molecule has 0 bridgehead atoms. The van der Waals surface area contributed by atoms with Gasteiger partial charge in [-0.2, -0.15) is 0 Å². The second-order valence-electron chi connectivity index (χ2n) is 3.95. The van der Waals surface area contributed by atoms with Crippen LogP contribution < -0.4 is 10.9 Å². The minimum atomic E-state index is -0.183. The number of likely N-dealkylation sites (tertiary alicyclic amines) is 1. The standard InChI is InChI=1S/C10H14N4O2/c1-14-5-7(2-3-10(14)16)13-8-4-9(15)12-6-11-8/h4,6-7H,2-3,5H2,1H3,(H2,11,12,13,15). The highest BCUT2D eigenvalue weighted by atomic mass is 16.2. The van der Waals surface area contributed by atoms with Crippen molar-refractivity contribution in [3.8, 4) is 0 Å². The Morgan fingerprint density at radius 3 is 3.06 bits per heavy atom. The van der Waals surface area contributed by atoms with Gasteiger partial charge in [-0.3, -0.25) is 9.59 Å². The van der Waals surface area contributed by atoms with E-state index >= 15 is 0 Å². The Balaban J connectivity index is 2.00. The zero-order chi connectivity index (χ0) is 11.5. The van der Waals surface area contributed by atoms with Crippen molar-refractivity contribution in [1.29, 1.82) is 0 Å². The molecule has 1 aromatic heterocycles. The Hall–Kier alpha value is -1.85. The Bertz CT molecular complexity index is 442. The molecule has 0 radical (unpaired) electrons. The Labute approximate surface area is 92.7 Å². The fraction of sp³-hybridized carbons (Fsp3) is 0.500. The molecule has 1 saturated heterocycles. The summed E-state index contributed by atoms with van der Waals surface area (Å²) in [6.45, 7) is 0.646. The smallest absolute Gasteiger partial charge is 0.252 e. The maximum absolute atomic E-state index is 11.3. The lowest BCUT2D eigenvalue weighted by Crippen LogP contribution is -2.43. The minimum absolute atomic E-state index is 0.164. The Morgan fingerprint density at radius 1 is 1.56 bits per heavy atom. The van der Waals surface area contributed by atoms with Crippen LogP contribution in [-0.4, -0.2) is 40.4 Å². The van der Waals surface area contributed by atoms with Crippen LogP contribution in [-0.2, 0) is 4.79 Å². The molecule has 16 heavy (non-hydrogen) atoms. The molecule has 6 heteroatoms. The van der Waals surface area contributed by atoms with E-state index in [2.05, 4.69) is 15.3 Å². The minimum Gasteiger partial charge on any atom is -0.365 e. The molecular weight excluding hydrogens is 208 g/mol. The topological polar surface area (TPSA) is 78.1 Å². The zero-order valence-electron chi connectivity index (χ0n) is 9.06. The number of hydrogen-bond donors (Lipinski definition) is 2. The first-order valence-electron chi connectivity index (χ1n) is 5.20. The van der Waals surface area contributed by atoms with Gasteiger partial charge >= 0.3 is 0 Å². The van der Waals surface area contributed by atoms with Crippen LogP contribution in [0.2, 0.25) is 0 Å². The van der Waals surface area contributed by atoms with Crippen molar-refractivity contribution in [2.75, 3.05) is 18.9 Å². The number of anilines is 1. The molecule has 2 N–H and O–H groups in total. The van der Waals surface area contributed by atoms with E-state index in [9.17, 15) is 9.59 Å². The molecule has 2 rings (SSSR count). The SMILES string of the molecule is CN1CC(Nc2cc(=O)[nH]cn2)CCC1=O. The van der Waals surface area contributed by atoms with E-state index in [1.54, 1.807) is 11.9 Å². The highest BCUT2D eigenvalue weighted by molar-refractivity contribution is 5.76. The van der Waals surface area contributed by atoms with Crippen molar-refractivity contribution in [2.24, 2.45) is 0 Å². The van der Waals surface area contributed by atoms with Gasteiger partial charge in [-0.15, -0.1) is 0 Å². The number of aromatic amines is 1. The van der Waals surface area contributed by atoms with E-state index in [1.807, 2.05) is 0 Å². The first-order valence-corrected chi connectivity index (χ1v) is 5.20. The van der Waals surface area contributed by atoms with Crippen molar-refractivity contribution in [3.05, 3.63) is 22.7 Å². The van der Waals surface area contributed by atoms with Crippen molar-refractivity contribution >= 4 is 11.7 Å². The lowest BCUT2D eigenvalue weighted by Gasteiger charge is -2.30. The van der Waals surface area contributed by atoms with Crippen LogP contribution in [0.25, 0.3) is 0 Å². The summed E-state index contributed by atoms with van der Waals surface area (Å²) in [6, 6.07) is 1.58. The third-order valence-electron chi connectivity index (χ3n) is 2.66. The third kappa shape index (κ3) is 2.39. The van der Waals surface area contributed by atoms with E-state index in [-0.39, 0.29) is 17.5 Å². The molecule has 1 atom stereocenters. The number of hydrogen-bond acceptors (Lipinski definition) is 4. The highest BCUT2D eigenvalue weighted by Gasteiger charge is 2.22. The number of carbonyl (C=O) groups is 1. The number of nitrogens with zero attached hydrogens (tertiary/aromatic N) is 2. The van der Waals surface area contributed by atoms with Crippen LogP contribution in [0.5, 0.6) is 0 Å². The van der Waals surface area contributed by atoms with Crippen molar-refractivity contribution in [2.45, 2.75) is 18.9 Å². The lowest BCUT2D eigenvalue weighted by molar-refractivity contribution is -0.132. The molecule has 1 aliphatic heterocycles. The number of aromatic nitrogens is 2. The van der Waals surface area contributed by atoms with Gasteiger partial charge in [-0.25, -0.2) is 4.98 Å². The normalized spacial score (nSPS) is 20.9. The van der Waals surface area contributed by atoms with Crippen LogP contribution in [0.4, 0.5) is 5.82 Å². The highest BCUT2D eigenvalue weighted by Crippen LogP contribution is 2.13. The van der Waals surface area contributed by atoms with Gasteiger partial charge in [0, 0.05) is 32.1 Å². The molecule has 2 heterocycles. The van der Waals surface area contributed by atoms with E-state index in [0.717, 1.165) is 6.42 Å². The van der Waals surface area contributed by atoms with Crippen LogP contribution in [0, 0.1) is 0 Å². The van der Waals surface area contributed by atoms with Gasteiger partial charge < -0.3 is 15.2 Å². The number of amides is 1. The second kappa shape index (κ2) is 4.34. The number of rotatable bonds is 2. The molecular formula is C10H14N4O2. The summed E-state index contributed by atoms with van der Waals surface area (Å²) in [6.07, 6.45) is 2.68. The van der Waals surface area contributed by atoms with E-state index in [1.165, 1.54) is 12.4 Å². The van der Waals surface area contributed by atoms with Crippen LogP contribution in [0.1, 0.15) is 12.8 Å². The average molecular weight is 222 g/mol. The molecule has 0 aliphatic carbocycles. The molecule has 0 saturated carbocycles. The van der Waals surface area contributed by atoms with Crippen molar-refractivity contribution < 1.29 is 4.79 Å². The van der Waals surface area contributed by atoms with Crippen molar-refractivity contribution in [1.82, 2.24) is 14.9 Å². The van der Waals surface area contributed by atoms with Crippen molar-refractivity contribution in [3.63, 3.8) is 0 Å².